The maximum Gasteiger partial charge on any atom is 0.109 e. The van der Waals surface area contributed by atoms with E-state index in [0.717, 1.165) is 15.7 Å². The Morgan fingerprint density at radius 3 is 3.00 bits per heavy atom. The summed E-state index contributed by atoms with van der Waals surface area (Å²) in [7, 11) is 0. The number of alkyl halides is 1. The number of halogens is 2. The normalized spacial score (nSPS) is 13.1. The molecule has 1 atom stereocenters. The van der Waals surface area contributed by atoms with Gasteiger partial charge in [0.25, 0.3) is 0 Å². The summed E-state index contributed by atoms with van der Waals surface area (Å²) >= 11 is 2.19. The van der Waals surface area contributed by atoms with Crippen LogP contribution in [0.25, 0.3) is 0 Å². The lowest BCUT2D eigenvalue weighted by atomic mass is 10.3. The van der Waals surface area contributed by atoms with Gasteiger partial charge in [-0.3, -0.25) is 4.68 Å². The molecule has 0 aromatic carbocycles. The van der Waals surface area contributed by atoms with Crippen molar-refractivity contribution in [3.63, 3.8) is 0 Å². The van der Waals surface area contributed by atoms with Gasteiger partial charge in [0.15, 0.2) is 0 Å². The van der Waals surface area contributed by atoms with E-state index in [1.807, 2.05) is 13.1 Å². The molecule has 0 fully saturated rings. The van der Waals surface area contributed by atoms with E-state index in [-0.39, 0.29) is 12.8 Å². The minimum atomic E-state index is -0.385. The lowest BCUT2D eigenvalue weighted by molar-refractivity contribution is 0.0482. The third kappa shape index (κ3) is 4.06. The number of aromatic nitrogens is 2. The zero-order chi connectivity index (χ0) is 11.3. The van der Waals surface area contributed by atoms with E-state index < -0.39 is 0 Å². The lowest BCUT2D eigenvalue weighted by Gasteiger charge is -2.08. The fourth-order valence-electron chi connectivity index (χ4n) is 1.08. The predicted octanol–water partition coefficient (Wildman–Crippen LogP) is 2.77. The summed E-state index contributed by atoms with van der Waals surface area (Å²) in [4.78, 5) is 0. The molecule has 1 aromatic heterocycles. The van der Waals surface area contributed by atoms with Crippen molar-refractivity contribution in [1.82, 2.24) is 9.78 Å². The zero-order valence-corrected chi connectivity index (χ0v) is 11.2. The summed E-state index contributed by atoms with van der Waals surface area (Å²) in [6.45, 7) is 4.55. The Balaban J connectivity index is 2.53. The highest BCUT2D eigenvalue weighted by atomic mass is 127. The SMILES string of the molecule is CCC(C)OCc1nn(CCF)cc1I. The van der Waals surface area contributed by atoms with E-state index in [1.54, 1.807) is 4.68 Å². The number of aryl methyl sites for hydroxylation is 1. The van der Waals surface area contributed by atoms with Crippen LogP contribution >= 0.6 is 22.6 Å². The summed E-state index contributed by atoms with van der Waals surface area (Å²) in [5.74, 6) is 0. The number of ether oxygens (including phenoxy) is 1. The van der Waals surface area contributed by atoms with Crippen molar-refractivity contribution in [2.45, 2.75) is 39.5 Å². The summed E-state index contributed by atoms with van der Waals surface area (Å²) in [6.07, 6.45) is 3.07. The van der Waals surface area contributed by atoms with Gasteiger partial charge in [-0.25, -0.2) is 4.39 Å². The fourth-order valence-corrected chi connectivity index (χ4v) is 1.66. The summed E-state index contributed by atoms with van der Waals surface area (Å²) < 4.78 is 20.3. The van der Waals surface area contributed by atoms with E-state index >= 15 is 0 Å². The third-order valence-corrected chi connectivity index (χ3v) is 3.08. The average Bonchev–Trinajstić information content (AvgIpc) is 2.56. The van der Waals surface area contributed by atoms with Crippen LogP contribution in [0.4, 0.5) is 4.39 Å². The Bertz CT molecular complexity index is 304. The quantitative estimate of drug-likeness (QED) is 0.752. The Kier molecular flexibility index (Phi) is 5.52. The molecule has 1 unspecified atom stereocenters. The topological polar surface area (TPSA) is 27.1 Å². The summed E-state index contributed by atoms with van der Waals surface area (Å²) in [6, 6.07) is 0. The minimum Gasteiger partial charge on any atom is -0.372 e. The maximum atomic E-state index is 12.1. The molecule has 0 bridgehead atoms. The molecule has 0 amide bonds. The van der Waals surface area contributed by atoms with Gasteiger partial charge in [-0.15, -0.1) is 0 Å². The number of nitrogens with zero attached hydrogens (tertiary/aromatic N) is 2. The molecular weight excluding hydrogens is 310 g/mol. The third-order valence-electron chi connectivity index (χ3n) is 2.18. The average molecular weight is 326 g/mol. The van der Waals surface area contributed by atoms with Gasteiger partial charge in [-0.1, -0.05) is 6.92 Å². The molecule has 1 rings (SSSR count). The standard InChI is InChI=1S/C10H16FIN2O/c1-3-8(2)15-7-10-9(12)6-14(13-10)5-4-11/h6,8H,3-5,7H2,1-2H3. The Labute approximate surface area is 103 Å². The van der Waals surface area contributed by atoms with Crippen molar-refractivity contribution in [3.8, 4) is 0 Å². The first-order valence-electron chi connectivity index (χ1n) is 5.06. The summed E-state index contributed by atoms with van der Waals surface area (Å²) in [5.41, 5.74) is 0.893. The van der Waals surface area contributed by atoms with Crippen LogP contribution in [-0.2, 0) is 17.9 Å². The monoisotopic (exact) mass is 326 g/mol. The number of rotatable bonds is 6. The molecule has 0 aliphatic rings. The second kappa shape index (κ2) is 6.42. The highest BCUT2D eigenvalue weighted by Gasteiger charge is 2.08. The molecule has 5 heteroatoms. The molecule has 0 radical (unpaired) electrons. The smallest absolute Gasteiger partial charge is 0.109 e. The Morgan fingerprint density at radius 1 is 1.67 bits per heavy atom. The van der Waals surface area contributed by atoms with Crippen molar-refractivity contribution in [1.29, 1.82) is 0 Å². The molecule has 15 heavy (non-hydrogen) atoms. The van der Waals surface area contributed by atoms with Crippen molar-refractivity contribution < 1.29 is 9.13 Å². The second-order valence-corrected chi connectivity index (χ2v) is 4.57. The van der Waals surface area contributed by atoms with Crippen molar-refractivity contribution in [2.24, 2.45) is 0 Å². The van der Waals surface area contributed by atoms with Gasteiger partial charge in [0.1, 0.15) is 12.4 Å². The van der Waals surface area contributed by atoms with Gasteiger partial charge in [-0.05, 0) is 35.9 Å². The van der Waals surface area contributed by atoms with Crippen molar-refractivity contribution in [2.75, 3.05) is 6.67 Å². The molecule has 86 valence electrons. The van der Waals surface area contributed by atoms with E-state index in [0.29, 0.717) is 13.2 Å². The summed E-state index contributed by atoms with van der Waals surface area (Å²) in [5, 5.41) is 4.25. The van der Waals surface area contributed by atoms with E-state index in [1.165, 1.54) is 0 Å². The molecule has 0 N–H and O–H groups in total. The molecule has 0 saturated heterocycles. The van der Waals surface area contributed by atoms with Gasteiger partial charge in [0.2, 0.25) is 0 Å². The first-order valence-corrected chi connectivity index (χ1v) is 6.14. The fraction of sp³-hybridized carbons (Fsp3) is 0.700. The first kappa shape index (κ1) is 12.9. The highest BCUT2D eigenvalue weighted by molar-refractivity contribution is 14.1. The molecule has 0 spiro atoms. The van der Waals surface area contributed by atoms with Crippen LogP contribution in [0.5, 0.6) is 0 Å². The van der Waals surface area contributed by atoms with Crippen LogP contribution in [0.2, 0.25) is 0 Å². The highest BCUT2D eigenvalue weighted by Crippen LogP contribution is 2.12. The predicted molar refractivity (Wildman–Crippen MR) is 65.5 cm³/mol. The molecular formula is C10H16FIN2O. The van der Waals surface area contributed by atoms with Crippen molar-refractivity contribution in [3.05, 3.63) is 15.5 Å². The number of hydrogen-bond donors (Lipinski definition) is 0. The molecule has 0 saturated carbocycles. The van der Waals surface area contributed by atoms with Crippen LogP contribution in [0.15, 0.2) is 6.20 Å². The first-order chi connectivity index (χ1) is 7.17. The maximum absolute atomic E-state index is 12.1. The van der Waals surface area contributed by atoms with Crippen LogP contribution in [0.1, 0.15) is 26.0 Å². The lowest BCUT2D eigenvalue weighted by Crippen LogP contribution is -2.07. The molecule has 0 aliphatic heterocycles. The number of hydrogen-bond acceptors (Lipinski definition) is 2. The van der Waals surface area contributed by atoms with E-state index in [2.05, 4.69) is 34.6 Å². The van der Waals surface area contributed by atoms with Crippen molar-refractivity contribution >= 4 is 22.6 Å². The van der Waals surface area contributed by atoms with Crippen LogP contribution in [-0.4, -0.2) is 22.6 Å². The van der Waals surface area contributed by atoms with Gasteiger partial charge in [0, 0.05) is 6.20 Å². The second-order valence-electron chi connectivity index (χ2n) is 3.41. The molecule has 1 heterocycles. The van der Waals surface area contributed by atoms with Crippen LogP contribution in [0.3, 0.4) is 0 Å². The van der Waals surface area contributed by atoms with Gasteiger partial charge in [-0.2, -0.15) is 5.10 Å². The Hall–Kier alpha value is -0.170. The Morgan fingerprint density at radius 2 is 2.40 bits per heavy atom. The van der Waals surface area contributed by atoms with Gasteiger partial charge < -0.3 is 4.74 Å². The molecule has 0 aliphatic carbocycles. The molecule has 1 aromatic rings. The minimum absolute atomic E-state index is 0.243. The van der Waals surface area contributed by atoms with Crippen LogP contribution in [0, 0.1) is 3.57 Å². The van der Waals surface area contributed by atoms with Gasteiger partial charge in [0.05, 0.1) is 22.8 Å². The van der Waals surface area contributed by atoms with Gasteiger partial charge >= 0.3 is 0 Å². The largest absolute Gasteiger partial charge is 0.372 e. The zero-order valence-electron chi connectivity index (χ0n) is 9.04. The van der Waals surface area contributed by atoms with E-state index in [4.69, 9.17) is 4.74 Å². The van der Waals surface area contributed by atoms with E-state index in [9.17, 15) is 4.39 Å². The molecule has 3 nitrogen and oxygen atoms in total. The van der Waals surface area contributed by atoms with Crippen LogP contribution < -0.4 is 0 Å².